The van der Waals surface area contributed by atoms with Crippen molar-refractivity contribution in [3.8, 4) is 0 Å². The molecular formula is C48H56N4. The van der Waals surface area contributed by atoms with Crippen molar-refractivity contribution in [1.82, 2.24) is 21.3 Å². The van der Waals surface area contributed by atoms with Gasteiger partial charge in [0.1, 0.15) is 0 Å². The van der Waals surface area contributed by atoms with Gasteiger partial charge in [-0.05, 0) is 112 Å². The monoisotopic (exact) mass is 688 g/mol. The lowest BCUT2D eigenvalue weighted by atomic mass is 9.85. The molecular weight excluding hydrogens is 633 g/mol. The summed E-state index contributed by atoms with van der Waals surface area (Å²) in [5, 5.41) is 20.1. The van der Waals surface area contributed by atoms with Crippen molar-refractivity contribution >= 4 is 21.5 Å². The van der Waals surface area contributed by atoms with Crippen LogP contribution >= 0.6 is 0 Å². The Labute approximate surface area is 311 Å². The van der Waals surface area contributed by atoms with Gasteiger partial charge < -0.3 is 21.3 Å². The lowest BCUT2D eigenvalue weighted by Gasteiger charge is -2.22. The van der Waals surface area contributed by atoms with E-state index in [0.29, 0.717) is 0 Å². The summed E-state index contributed by atoms with van der Waals surface area (Å²) >= 11 is 0. The largest absolute Gasteiger partial charge is 0.309 e. The smallest absolute Gasteiger partial charge is 0.0208 e. The van der Waals surface area contributed by atoms with Crippen molar-refractivity contribution in [2.24, 2.45) is 0 Å². The van der Waals surface area contributed by atoms with E-state index in [9.17, 15) is 0 Å². The molecule has 8 heterocycles. The number of rotatable bonds is 0. The van der Waals surface area contributed by atoms with Gasteiger partial charge in [-0.3, -0.25) is 0 Å². The highest BCUT2D eigenvalue weighted by atomic mass is 14.9. The Balaban J connectivity index is 1.15. The van der Waals surface area contributed by atoms with Crippen LogP contribution in [0.25, 0.3) is 21.5 Å². The van der Waals surface area contributed by atoms with E-state index in [0.717, 1.165) is 52.4 Å². The van der Waals surface area contributed by atoms with Gasteiger partial charge in [-0.15, -0.1) is 0 Å². The molecule has 0 saturated carbocycles. The van der Waals surface area contributed by atoms with Gasteiger partial charge in [0, 0.05) is 52.4 Å². The quantitative estimate of drug-likeness (QED) is 0.128. The van der Waals surface area contributed by atoms with Crippen molar-refractivity contribution in [3.63, 3.8) is 0 Å². The van der Waals surface area contributed by atoms with Gasteiger partial charge in [0.25, 0.3) is 0 Å². The highest BCUT2D eigenvalue weighted by molar-refractivity contribution is 5.84. The maximum atomic E-state index is 3.74. The Morgan fingerprint density at radius 1 is 0.288 bits per heavy atom. The lowest BCUT2D eigenvalue weighted by molar-refractivity contribution is 0.584. The first-order valence-electron chi connectivity index (χ1n) is 19.1. The van der Waals surface area contributed by atoms with Crippen LogP contribution < -0.4 is 21.3 Å². The predicted octanol–water partition coefficient (Wildman–Crippen LogP) is 10.1. The molecule has 8 aliphatic rings. The maximum Gasteiger partial charge on any atom is 0.0208 e. The molecule has 14 rings (SSSR count). The first-order chi connectivity index (χ1) is 24.9. The third-order valence-corrected chi connectivity index (χ3v) is 10.4. The fourth-order valence-electron chi connectivity index (χ4n) is 7.33. The Kier molecular flexibility index (Phi) is 10.6. The Morgan fingerprint density at radius 2 is 0.519 bits per heavy atom. The van der Waals surface area contributed by atoms with Crippen LogP contribution in [0, 0.1) is 0 Å². The zero-order valence-corrected chi connectivity index (χ0v) is 32.0. The molecule has 0 atom stereocenters. The van der Waals surface area contributed by atoms with E-state index in [1.54, 1.807) is 0 Å². The summed E-state index contributed by atoms with van der Waals surface area (Å²) in [6.45, 7) is 20.5. The summed E-state index contributed by atoms with van der Waals surface area (Å²) < 4.78 is 0. The molecule has 4 nitrogen and oxygen atoms in total. The van der Waals surface area contributed by atoms with Crippen LogP contribution in [0.4, 0.5) is 0 Å². The van der Waals surface area contributed by atoms with E-state index in [2.05, 4.69) is 172 Å². The second kappa shape index (κ2) is 15.3. The van der Waals surface area contributed by atoms with Crippen molar-refractivity contribution in [2.45, 2.75) is 105 Å². The maximum absolute atomic E-state index is 3.74. The Morgan fingerprint density at radius 3 is 0.750 bits per heavy atom. The topological polar surface area (TPSA) is 48.1 Å². The first kappa shape index (κ1) is 36.1. The molecule has 12 bridgehead atoms. The first-order valence-corrected chi connectivity index (χ1v) is 19.1. The van der Waals surface area contributed by atoms with E-state index in [-0.39, 0.29) is 10.8 Å². The molecule has 6 aromatic rings. The molecule has 8 aliphatic heterocycles. The average Bonchev–Trinajstić information content (AvgIpc) is 3.10. The molecule has 268 valence electrons. The van der Waals surface area contributed by atoms with E-state index >= 15 is 0 Å². The molecule has 0 radical (unpaired) electrons. The molecule has 0 spiro atoms. The second-order valence-electron chi connectivity index (χ2n) is 17.0. The minimum atomic E-state index is 0.0848. The fourth-order valence-corrected chi connectivity index (χ4v) is 7.33. The van der Waals surface area contributed by atoms with Crippen molar-refractivity contribution in [1.29, 1.82) is 0 Å². The summed E-state index contributed by atoms with van der Waals surface area (Å²) in [5.74, 6) is 0. The van der Waals surface area contributed by atoms with Crippen LogP contribution in [-0.4, -0.2) is 0 Å². The molecule has 4 heteroatoms. The Bertz CT molecular complexity index is 1890. The SMILES string of the molecule is CC(C)(C)c1cc2cc(c1)CNCc1ccc3cc(ccc3c1)CNCc1cc(cc(C(C)(C)C)c1)CNCc1ccc3cc(ccc3c1)CNC2. The summed E-state index contributed by atoms with van der Waals surface area (Å²) in [7, 11) is 0. The van der Waals surface area contributed by atoms with Crippen LogP contribution in [0.15, 0.2) is 109 Å². The molecule has 0 unspecified atom stereocenters. The number of benzene rings is 6. The molecule has 0 fully saturated rings. The summed E-state index contributed by atoms with van der Waals surface area (Å²) in [6, 6.07) is 41.7. The summed E-state index contributed by atoms with van der Waals surface area (Å²) in [4.78, 5) is 0. The van der Waals surface area contributed by atoms with Gasteiger partial charge in [0.15, 0.2) is 0 Å². The molecule has 52 heavy (non-hydrogen) atoms. The van der Waals surface area contributed by atoms with Crippen molar-refractivity contribution in [2.75, 3.05) is 0 Å². The standard InChI is InChI=1S/C48H56N4/c1-47(2,3)45-21-37-15-38(22-45)30-50-26-34-8-12-44-20-36(10-14-42(44)18-34)28-52-32-40-16-39(23-46(24-40)48(4,5)6)31-51-27-35-9-13-41-17-33(25-49-29-37)7-11-43(41)19-35/h7-24,49-52H,25-32H2,1-6H3. The molecule has 6 aromatic carbocycles. The summed E-state index contributed by atoms with van der Waals surface area (Å²) in [6.07, 6.45) is 0. The zero-order chi connectivity index (χ0) is 36.3. The molecule has 0 saturated heterocycles. The van der Waals surface area contributed by atoms with Crippen LogP contribution in [-0.2, 0) is 63.2 Å². The lowest BCUT2D eigenvalue weighted by Crippen LogP contribution is -2.18. The third-order valence-electron chi connectivity index (χ3n) is 10.4. The van der Waals surface area contributed by atoms with Crippen molar-refractivity contribution < 1.29 is 0 Å². The fraction of sp³-hybridized carbons (Fsp3) is 0.333. The highest BCUT2D eigenvalue weighted by Crippen LogP contribution is 2.27. The molecule has 0 aliphatic carbocycles. The molecule has 4 N–H and O–H groups in total. The number of hydrogen-bond acceptors (Lipinski definition) is 4. The van der Waals surface area contributed by atoms with Crippen LogP contribution in [0.3, 0.4) is 0 Å². The summed E-state index contributed by atoms with van der Waals surface area (Å²) in [5.41, 5.74) is 13.5. The average molecular weight is 689 g/mol. The molecule has 0 aromatic heterocycles. The van der Waals surface area contributed by atoms with Gasteiger partial charge >= 0.3 is 0 Å². The third kappa shape index (κ3) is 9.18. The van der Waals surface area contributed by atoms with Crippen molar-refractivity contribution in [3.05, 3.63) is 165 Å². The zero-order valence-electron chi connectivity index (χ0n) is 32.0. The van der Waals surface area contributed by atoms with Crippen LogP contribution in [0.5, 0.6) is 0 Å². The highest BCUT2D eigenvalue weighted by Gasteiger charge is 2.17. The van der Waals surface area contributed by atoms with E-state index in [1.165, 1.54) is 77.2 Å². The second-order valence-corrected chi connectivity index (χ2v) is 17.0. The predicted molar refractivity (Wildman–Crippen MR) is 220 cm³/mol. The minimum Gasteiger partial charge on any atom is -0.309 e. The van der Waals surface area contributed by atoms with Gasteiger partial charge in [-0.2, -0.15) is 0 Å². The minimum absolute atomic E-state index is 0.0848. The van der Waals surface area contributed by atoms with Gasteiger partial charge in [0.2, 0.25) is 0 Å². The normalized spacial score (nSPS) is 15.3. The number of nitrogens with one attached hydrogen (secondary N) is 4. The van der Waals surface area contributed by atoms with Gasteiger partial charge in [-0.1, -0.05) is 126 Å². The molecule has 0 amide bonds. The Hall–Kier alpha value is -4.32. The van der Waals surface area contributed by atoms with E-state index < -0.39 is 0 Å². The van der Waals surface area contributed by atoms with Crippen LogP contribution in [0.2, 0.25) is 0 Å². The van der Waals surface area contributed by atoms with Gasteiger partial charge in [0.05, 0.1) is 0 Å². The number of hydrogen-bond donors (Lipinski definition) is 4. The van der Waals surface area contributed by atoms with Gasteiger partial charge in [-0.25, -0.2) is 0 Å². The van der Waals surface area contributed by atoms with E-state index in [4.69, 9.17) is 0 Å². The van der Waals surface area contributed by atoms with Crippen LogP contribution in [0.1, 0.15) is 97.2 Å². The van der Waals surface area contributed by atoms with E-state index in [1.807, 2.05) is 0 Å².